The maximum Gasteiger partial charge on any atom is 0.414 e. The first kappa shape index (κ1) is 26.7. The molecular formula is C27H28FN5O5S. The molecule has 1 aromatic carbocycles. The SMILES string of the molecule is CC(C)(C)OC(=O)N1CC2C(C1)C2(C#N)c1ccc(-c2ccc(N3C[C@H](CNC(=O)S)OC3=O)cc2F)cn1. The van der Waals surface area contributed by atoms with E-state index in [0.717, 1.165) is 0 Å². The molecule has 1 N–H and O–H groups in total. The Morgan fingerprint density at radius 1 is 1.26 bits per heavy atom. The van der Waals surface area contributed by atoms with Crippen molar-refractivity contribution in [2.24, 2.45) is 11.8 Å². The number of rotatable bonds is 5. The van der Waals surface area contributed by atoms with Crippen LogP contribution in [0.1, 0.15) is 26.5 Å². The number of likely N-dealkylation sites (tertiary alicyclic amines) is 1. The molecule has 1 aromatic heterocycles. The van der Waals surface area contributed by atoms with E-state index in [0.29, 0.717) is 35.6 Å². The summed E-state index contributed by atoms with van der Waals surface area (Å²) in [7, 11) is 0. The molecule has 2 aromatic rings. The van der Waals surface area contributed by atoms with Gasteiger partial charge in [0.2, 0.25) is 0 Å². The topological polar surface area (TPSA) is 125 Å². The minimum Gasteiger partial charge on any atom is -0.444 e. The second kappa shape index (κ2) is 9.72. The number of benzene rings is 1. The molecule has 3 heterocycles. The average molecular weight is 554 g/mol. The third kappa shape index (κ3) is 4.98. The number of carbonyl (C=O) groups excluding carboxylic acids is 3. The van der Waals surface area contributed by atoms with Crippen LogP contribution in [0.15, 0.2) is 36.5 Å². The Labute approximate surface area is 230 Å². The van der Waals surface area contributed by atoms with Crippen molar-refractivity contribution in [3.8, 4) is 17.2 Å². The van der Waals surface area contributed by atoms with Gasteiger partial charge in [0.25, 0.3) is 5.24 Å². The average Bonchev–Trinajstić information content (AvgIpc) is 3.15. The lowest BCUT2D eigenvalue weighted by Gasteiger charge is -2.27. The number of nitriles is 1. The molecule has 3 fully saturated rings. The summed E-state index contributed by atoms with van der Waals surface area (Å²) in [6.45, 7) is 6.55. The number of nitrogens with zero attached hydrogens (tertiary/aromatic N) is 4. The van der Waals surface area contributed by atoms with Gasteiger partial charge in [-0.05, 0) is 45.0 Å². The van der Waals surface area contributed by atoms with E-state index < -0.39 is 34.3 Å². The molecule has 0 bridgehead atoms. The molecular weight excluding hydrogens is 525 g/mol. The number of amides is 3. The van der Waals surface area contributed by atoms with Gasteiger partial charge in [-0.25, -0.2) is 14.0 Å². The summed E-state index contributed by atoms with van der Waals surface area (Å²) in [6.07, 6.45) is -0.0508. The Morgan fingerprint density at radius 3 is 2.54 bits per heavy atom. The molecule has 0 radical (unpaired) electrons. The Kier molecular flexibility index (Phi) is 6.66. The quantitative estimate of drug-likeness (QED) is 0.534. The Morgan fingerprint density at radius 2 is 1.97 bits per heavy atom. The highest BCUT2D eigenvalue weighted by atomic mass is 32.1. The van der Waals surface area contributed by atoms with Crippen LogP contribution in [-0.4, -0.2) is 65.2 Å². The van der Waals surface area contributed by atoms with E-state index in [1.54, 1.807) is 29.2 Å². The van der Waals surface area contributed by atoms with Crippen LogP contribution in [0.2, 0.25) is 0 Å². The monoisotopic (exact) mass is 553 g/mol. The van der Waals surface area contributed by atoms with Gasteiger partial charge < -0.3 is 19.7 Å². The maximum atomic E-state index is 15.1. The molecule has 39 heavy (non-hydrogen) atoms. The van der Waals surface area contributed by atoms with E-state index in [4.69, 9.17) is 9.47 Å². The lowest BCUT2D eigenvalue weighted by Crippen LogP contribution is -2.39. The zero-order chi connectivity index (χ0) is 28.1. The number of hydrogen-bond acceptors (Lipinski definition) is 7. The largest absolute Gasteiger partial charge is 0.444 e. The Hall–Kier alpha value is -3.85. The zero-order valence-electron chi connectivity index (χ0n) is 21.7. The van der Waals surface area contributed by atoms with E-state index in [1.807, 2.05) is 20.8 Å². The van der Waals surface area contributed by atoms with Crippen LogP contribution in [0.5, 0.6) is 0 Å². The van der Waals surface area contributed by atoms with E-state index in [2.05, 4.69) is 29.0 Å². The number of fused-ring (bicyclic) bond motifs is 1. The summed E-state index contributed by atoms with van der Waals surface area (Å²) in [5.74, 6) is -0.614. The molecule has 1 aliphatic carbocycles. The highest BCUT2D eigenvalue weighted by Gasteiger charge is 2.71. The number of anilines is 1. The van der Waals surface area contributed by atoms with E-state index in [1.165, 1.54) is 17.2 Å². The highest BCUT2D eigenvalue weighted by molar-refractivity contribution is 7.96. The Bertz CT molecular complexity index is 1360. The van der Waals surface area contributed by atoms with Gasteiger partial charge in [0, 0.05) is 42.2 Å². The van der Waals surface area contributed by atoms with Crippen molar-refractivity contribution in [3.63, 3.8) is 0 Å². The first-order chi connectivity index (χ1) is 18.4. The number of nitrogens with one attached hydrogen (secondary N) is 1. The number of halogens is 1. The van der Waals surface area contributed by atoms with Gasteiger partial charge in [-0.15, -0.1) is 0 Å². The van der Waals surface area contributed by atoms with Gasteiger partial charge in [-0.1, -0.05) is 18.7 Å². The summed E-state index contributed by atoms with van der Waals surface area (Å²) in [6, 6.07) is 10.3. The van der Waals surface area contributed by atoms with Crippen LogP contribution in [0.4, 0.5) is 24.5 Å². The molecule has 1 saturated carbocycles. The highest BCUT2D eigenvalue weighted by Crippen LogP contribution is 2.62. The van der Waals surface area contributed by atoms with Gasteiger partial charge >= 0.3 is 12.2 Å². The fraction of sp³-hybridized carbons (Fsp3) is 0.444. The number of hydrogen-bond donors (Lipinski definition) is 2. The number of piperidine rings is 1. The summed E-state index contributed by atoms with van der Waals surface area (Å²) in [5, 5.41) is 12.0. The van der Waals surface area contributed by atoms with Crippen molar-refractivity contribution >= 4 is 35.7 Å². The second-order valence-electron chi connectivity index (χ2n) is 11.0. The molecule has 2 saturated heterocycles. The summed E-state index contributed by atoms with van der Waals surface area (Å²) < 4.78 is 25.8. The smallest absolute Gasteiger partial charge is 0.414 e. The van der Waals surface area contributed by atoms with Crippen molar-refractivity contribution in [2.45, 2.75) is 37.9 Å². The number of ether oxygens (including phenoxy) is 2. The van der Waals surface area contributed by atoms with Gasteiger partial charge in [0.1, 0.15) is 22.9 Å². The molecule has 3 atom stereocenters. The summed E-state index contributed by atoms with van der Waals surface area (Å²) in [4.78, 5) is 43.1. The van der Waals surface area contributed by atoms with Crippen LogP contribution >= 0.6 is 12.6 Å². The number of cyclic esters (lactones) is 1. The van der Waals surface area contributed by atoms with Crippen molar-refractivity contribution in [1.29, 1.82) is 5.26 Å². The molecule has 0 spiro atoms. The first-order valence-corrected chi connectivity index (χ1v) is 13.0. The fourth-order valence-electron chi connectivity index (χ4n) is 5.45. The summed E-state index contributed by atoms with van der Waals surface area (Å²) >= 11 is 3.62. The van der Waals surface area contributed by atoms with Gasteiger partial charge in [-0.3, -0.25) is 14.7 Å². The molecule has 3 amide bonds. The predicted molar refractivity (Wildman–Crippen MR) is 142 cm³/mol. The molecule has 2 aliphatic heterocycles. The van der Waals surface area contributed by atoms with E-state index in [9.17, 15) is 19.6 Å². The van der Waals surface area contributed by atoms with Crippen LogP contribution in [0.25, 0.3) is 11.1 Å². The van der Waals surface area contributed by atoms with Gasteiger partial charge in [0.15, 0.2) is 0 Å². The minimum absolute atomic E-state index is 0.0329. The molecule has 204 valence electrons. The standard InChI is InChI=1S/C27H28FN5O5S/c1-26(2,3)38-24(35)32-12-19-20(13-32)27(19,14-29)22-7-4-15(9-30-22)18-6-5-16(8-21(18)28)33-11-17(37-25(33)36)10-31-23(34)39/h4-9,17,19-20H,10-13H2,1-3H3,(H2,31,34,39)/t17-,19?,20?,27?/m0/s1. The molecule has 12 heteroatoms. The first-order valence-electron chi connectivity index (χ1n) is 12.5. The molecule has 3 aliphatic rings. The molecule has 2 unspecified atom stereocenters. The zero-order valence-corrected chi connectivity index (χ0v) is 22.6. The van der Waals surface area contributed by atoms with Crippen molar-refractivity contribution < 1.29 is 28.2 Å². The number of pyridine rings is 1. The van der Waals surface area contributed by atoms with Crippen molar-refractivity contribution in [1.82, 2.24) is 15.2 Å². The van der Waals surface area contributed by atoms with Crippen LogP contribution < -0.4 is 10.2 Å². The Balaban J connectivity index is 1.26. The van der Waals surface area contributed by atoms with Crippen LogP contribution in [0.3, 0.4) is 0 Å². The second-order valence-corrected chi connectivity index (χ2v) is 11.4. The normalized spacial score (nSPS) is 25.5. The van der Waals surface area contributed by atoms with Crippen molar-refractivity contribution in [3.05, 3.63) is 48.0 Å². The predicted octanol–water partition coefficient (Wildman–Crippen LogP) is 4.11. The van der Waals surface area contributed by atoms with Gasteiger partial charge in [0.05, 0.1) is 30.5 Å². The number of carbonyl (C=O) groups is 3. The van der Waals surface area contributed by atoms with E-state index in [-0.39, 0.29) is 31.0 Å². The van der Waals surface area contributed by atoms with Crippen molar-refractivity contribution in [2.75, 3.05) is 31.1 Å². The fourth-order valence-corrected chi connectivity index (χ4v) is 5.54. The molecule has 5 rings (SSSR count). The van der Waals surface area contributed by atoms with Crippen LogP contribution in [-0.2, 0) is 14.9 Å². The lowest BCUT2D eigenvalue weighted by molar-refractivity contribution is 0.0265. The van der Waals surface area contributed by atoms with Crippen LogP contribution in [0, 0.1) is 29.0 Å². The number of aromatic nitrogens is 1. The molecule has 10 nitrogen and oxygen atoms in total. The minimum atomic E-state index is -0.779. The third-order valence-corrected chi connectivity index (χ3v) is 7.49. The van der Waals surface area contributed by atoms with Gasteiger partial charge in [-0.2, -0.15) is 5.26 Å². The van der Waals surface area contributed by atoms with E-state index >= 15 is 4.39 Å². The number of thiol groups is 1. The summed E-state index contributed by atoms with van der Waals surface area (Å²) in [5.41, 5.74) is 0.376. The maximum absolute atomic E-state index is 15.1. The lowest BCUT2D eigenvalue weighted by atomic mass is 9.95. The third-order valence-electron chi connectivity index (χ3n) is 7.33.